The van der Waals surface area contributed by atoms with Crippen LogP contribution in [-0.2, 0) is 4.74 Å². The van der Waals surface area contributed by atoms with Gasteiger partial charge in [-0.3, -0.25) is 0 Å². The van der Waals surface area contributed by atoms with Crippen LogP contribution in [0.5, 0.6) is 0 Å². The van der Waals surface area contributed by atoms with E-state index in [1.54, 1.807) is 0 Å². The van der Waals surface area contributed by atoms with Crippen molar-refractivity contribution >= 4 is 0 Å². The fraction of sp³-hybridized carbons (Fsp3) is 0.667. The summed E-state index contributed by atoms with van der Waals surface area (Å²) in [5, 5.41) is 9.93. The fourth-order valence-electron chi connectivity index (χ4n) is 0.554. The Morgan fingerprint density at radius 2 is 1.67 bits per heavy atom. The molecule has 3 heteroatoms. The van der Waals surface area contributed by atoms with Crippen molar-refractivity contribution in [2.75, 3.05) is 26.3 Å². The van der Waals surface area contributed by atoms with Gasteiger partial charge >= 0.3 is 0 Å². The third-order valence-corrected chi connectivity index (χ3v) is 0.987. The second-order valence-electron chi connectivity index (χ2n) is 1.57. The van der Waals surface area contributed by atoms with Crippen molar-refractivity contribution in [3.8, 4) is 0 Å². The second kappa shape index (κ2) is 5.75. The second-order valence-corrected chi connectivity index (χ2v) is 1.57. The summed E-state index contributed by atoms with van der Waals surface area (Å²) in [4.78, 5) is 0. The van der Waals surface area contributed by atoms with Gasteiger partial charge in [0.15, 0.2) is 0 Å². The molecule has 0 unspecified atom stereocenters. The molecule has 1 heterocycles. The van der Waals surface area contributed by atoms with Crippen LogP contribution in [0.2, 0.25) is 0 Å². The Labute approximate surface area is 55.5 Å². The normalized spacial score (nSPS) is 20.1. The van der Waals surface area contributed by atoms with Gasteiger partial charge in [-0.2, -0.15) is 5.06 Å². The zero-order valence-electron chi connectivity index (χ0n) is 5.55. The number of hydrogen-bond acceptors (Lipinski definition) is 3. The van der Waals surface area contributed by atoms with Gasteiger partial charge in [0.2, 0.25) is 0 Å². The van der Waals surface area contributed by atoms with Crippen molar-refractivity contribution in [3.63, 3.8) is 0 Å². The molecule has 0 radical (unpaired) electrons. The number of hydroxylamine groups is 2. The van der Waals surface area contributed by atoms with Crippen LogP contribution < -0.4 is 0 Å². The van der Waals surface area contributed by atoms with Crippen LogP contribution in [0.15, 0.2) is 13.2 Å². The first-order chi connectivity index (χ1) is 4.39. The predicted octanol–water partition coefficient (Wildman–Crippen LogP) is 0.510. The maximum atomic E-state index is 8.66. The highest BCUT2D eigenvalue weighted by Gasteiger charge is 2.04. The van der Waals surface area contributed by atoms with Crippen molar-refractivity contribution in [2.24, 2.45) is 0 Å². The van der Waals surface area contributed by atoms with E-state index in [9.17, 15) is 0 Å². The number of hydrogen-bond donors (Lipinski definition) is 1. The summed E-state index contributed by atoms with van der Waals surface area (Å²) in [5.74, 6) is 0. The first-order valence-corrected chi connectivity index (χ1v) is 2.91. The molecule has 1 saturated heterocycles. The molecule has 0 saturated carbocycles. The van der Waals surface area contributed by atoms with E-state index in [1.807, 2.05) is 0 Å². The lowest BCUT2D eigenvalue weighted by molar-refractivity contribution is -0.143. The number of nitrogens with zero attached hydrogens (tertiary/aromatic N) is 1. The zero-order valence-corrected chi connectivity index (χ0v) is 5.55. The van der Waals surface area contributed by atoms with Crippen LogP contribution in [0.1, 0.15) is 0 Å². The summed E-state index contributed by atoms with van der Waals surface area (Å²) in [6.45, 7) is 8.63. The summed E-state index contributed by atoms with van der Waals surface area (Å²) >= 11 is 0. The summed E-state index contributed by atoms with van der Waals surface area (Å²) < 4.78 is 4.94. The molecule has 1 N–H and O–H groups in total. The Morgan fingerprint density at radius 1 is 1.22 bits per heavy atom. The van der Waals surface area contributed by atoms with Gasteiger partial charge in [-0.1, -0.05) is 0 Å². The van der Waals surface area contributed by atoms with E-state index in [0.29, 0.717) is 26.3 Å². The molecular weight excluding hydrogens is 118 g/mol. The largest absolute Gasteiger partial charge is 0.379 e. The van der Waals surface area contributed by atoms with Crippen LogP contribution in [0.4, 0.5) is 0 Å². The highest BCUT2D eigenvalue weighted by Crippen LogP contribution is 1.89. The van der Waals surface area contributed by atoms with Gasteiger partial charge in [0.25, 0.3) is 0 Å². The van der Waals surface area contributed by atoms with Crippen LogP contribution >= 0.6 is 0 Å². The molecule has 0 aromatic rings. The Hall–Kier alpha value is -0.380. The molecule has 1 fully saturated rings. The molecule has 9 heavy (non-hydrogen) atoms. The Bertz CT molecular complexity index is 62.1. The van der Waals surface area contributed by atoms with Gasteiger partial charge in [0.05, 0.1) is 13.2 Å². The van der Waals surface area contributed by atoms with Gasteiger partial charge in [-0.05, 0) is 0 Å². The Kier molecular flexibility index (Phi) is 5.51. The maximum absolute atomic E-state index is 8.66. The van der Waals surface area contributed by atoms with E-state index in [0.717, 1.165) is 0 Å². The third kappa shape index (κ3) is 4.14. The van der Waals surface area contributed by atoms with Gasteiger partial charge in [-0.15, -0.1) is 13.2 Å². The van der Waals surface area contributed by atoms with E-state index in [1.165, 1.54) is 5.06 Å². The molecule has 0 aliphatic carbocycles. The van der Waals surface area contributed by atoms with Crippen molar-refractivity contribution in [3.05, 3.63) is 13.2 Å². The van der Waals surface area contributed by atoms with Crippen molar-refractivity contribution in [2.45, 2.75) is 0 Å². The monoisotopic (exact) mass is 131 g/mol. The predicted molar refractivity (Wildman–Crippen MR) is 35.4 cm³/mol. The van der Waals surface area contributed by atoms with Crippen molar-refractivity contribution in [1.82, 2.24) is 5.06 Å². The average Bonchev–Trinajstić information content (AvgIpc) is 1.94. The molecular formula is C6H13NO2. The average molecular weight is 131 g/mol. The quantitative estimate of drug-likeness (QED) is 0.486. The van der Waals surface area contributed by atoms with E-state index in [4.69, 9.17) is 9.94 Å². The lowest BCUT2D eigenvalue weighted by atomic mass is 10.5. The van der Waals surface area contributed by atoms with E-state index >= 15 is 0 Å². The molecule has 0 aromatic carbocycles. The van der Waals surface area contributed by atoms with Crippen molar-refractivity contribution < 1.29 is 9.94 Å². The molecule has 0 spiro atoms. The molecule has 0 atom stereocenters. The number of ether oxygens (including phenoxy) is 1. The van der Waals surface area contributed by atoms with Crippen LogP contribution in [0.3, 0.4) is 0 Å². The summed E-state index contributed by atoms with van der Waals surface area (Å²) in [5.41, 5.74) is 0. The molecule has 1 rings (SSSR count). The van der Waals surface area contributed by atoms with Crippen LogP contribution in [-0.4, -0.2) is 36.6 Å². The lowest BCUT2D eigenvalue weighted by Crippen LogP contribution is -2.33. The lowest BCUT2D eigenvalue weighted by Gasteiger charge is -2.19. The van der Waals surface area contributed by atoms with Crippen molar-refractivity contribution in [1.29, 1.82) is 0 Å². The third-order valence-electron chi connectivity index (χ3n) is 0.987. The van der Waals surface area contributed by atoms with Gasteiger partial charge in [0, 0.05) is 13.1 Å². The summed E-state index contributed by atoms with van der Waals surface area (Å²) in [6.07, 6.45) is 0. The zero-order chi connectivity index (χ0) is 7.11. The SMILES string of the molecule is C=C.ON1CCOCC1. The molecule has 1 aliphatic heterocycles. The fourth-order valence-corrected chi connectivity index (χ4v) is 0.554. The summed E-state index contributed by atoms with van der Waals surface area (Å²) in [6, 6.07) is 0. The first kappa shape index (κ1) is 8.62. The Morgan fingerprint density at radius 3 is 1.89 bits per heavy atom. The standard InChI is InChI=1S/C4H9NO2.C2H4/c6-5-1-3-7-4-2-5;1-2/h6H,1-4H2;1-2H2. The molecule has 1 aliphatic rings. The highest BCUT2D eigenvalue weighted by atomic mass is 16.5. The van der Waals surface area contributed by atoms with Crippen LogP contribution in [0, 0.1) is 0 Å². The molecule has 3 nitrogen and oxygen atoms in total. The summed E-state index contributed by atoms with van der Waals surface area (Å²) in [7, 11) is 0. The van der Waals surface area contributed by atoms with Crippen LogP contribution in [0.25, 0.3) is 0 Å². The number of morpholine rings is 1. The minimum atomic E-state index is 0.653. The minimum Gasteiger partial charge on any atom is -0.379 e. The first-order valence-electron chi connectivity index (χ1n) is 2.91. The smallest absolute Gasteiger partial charge is 0.0617 e. The topological polar surface area (TPSA) is 32.7 Å². The molecule has 0 amide bonds. The van der Waals surface area contributed by atoms with Gasteiger partial charge in [0.1, 0.15) is 0 Å². The van der Waals surface area contributed by atoms with E-state index < -0.39 is 0 Å². The molecule has 0 bridgehead atoms. The highest BCUT2D eigenvalue weighted by molar-refractivity contribution is 4.48. The number of rotatable bonds is 0. The Balaban J connectivity index is 0.000000291. The van der Waals surface area contributed by atoms with Gasteiger partial charge < -0.3 is 9.94 Å². The molecule has 54 valence electrons. The van der Waals surface area contributed by atoms with Gasteiger partial charge in [-0.25, -0.2) is 0 Å². The minimum absolute atomic E-state index is 0.653. The maximum Gasteiger partial charge on any atom is 0.0617 e. The van der Waals surface area contributed by atoms with E-state index in [-0.39, 0.29) is 0 Å². The molecule has 0 aromatic heterocycles. The van der Waals surface area contributed by atoms with E-state index in [2.05, 4.69) is 13.2 Å².